The molecule has 1 aliphatic rings. The fourth-order valence-corrected chi connectivity index (χ4v) is 4.19. The molecule has 1 aromatic rings. The standard InChI is InChI=1S/C12H15BrFNO2S/c1-12(6-2-3-7-12)15-18(16,17)11-5-4-9(13)8-10(11)14/h4-5,8,15H,2-3,6-7H2,1H3. The molecular weight excluding hydrogens is 321 g/mol. The highest BCUT2D eigenvalue weighted by molar-refractivity contribution is 9.10. The third-order valence-electron chi connectivity index (χ3n) is 3.27. The van der Waals surface area contributed by atoms with Crippen molar-refractivity contribution in [2.75, 3.05) is 0 Å². The lowest BCUT2D eigenvalue weighted by atomic mass is 10.0. The number of rotatable bonds is 3. The Morgan fingerprint density at radius 2 is 1.94 bits per heavy atom. The van der Waals surface area contributed by atoms with Crippen LogP contribution in [0.1, 0.15) is 32.6 Å². The van der Waals surface area contributed by atoms with Gasteiger partial charge in [0.2, 0.25) is 10.0 Å². The summed E-state index contributed by atoms with van der Waals surface area (Å²) in [7, 11) is -3.80. The quantitative estimate of drug-likeness (QED) is 0.921. The Morgan fingerprint density at radius 1 is 1.33 bits per heavy atom. The van der Waals surface area contributed by atoms with Crippen LogP contribution in [0.5, 0.6) is 0 Å². The molecule has 18 heavy (non-hydrogen) atoms. The van der Waals surface area contributed by atoms with Crippen molar-refractivity contribution in [3.63, 3.8) is 0 Å². The Hall–Kier alpha value is -0.460. The van der Waals surface area contributed by atoms with Gasteiger partial charge in [0.25, 0.3) is 0 Å². The zero-order valence-corrected chi connectivity index (χ0v) is 12.4. The van der Waals surface area contributed by atoms with Crippen molar-refractivity contribution in [3.8, 4) is 0 Å². The first-order chi connectivity index (χ1) is 8.32. The Bertz CT molecular complexity index is 553. The average molecular weight is 336 g/mol. The molecule has 1 N–H and O–H groups in total. The summed E-state index contributed by atoms with van der Waals surface area (Å²) < 4.78 is 41.2. The van der Waals surface area contributed by atoms with E-state index in [4.69, 9.17) is 0 Å². The molecule has 3 nitrogen and oxygen atoms in total. The fourth-order valence-electron chi connectivity index (χ4n) is 2.33. The Labute approximate surface area is 115 Å². The Balaban J connectivity index is 2.30. The second-order valence-corrected chi connectivity index (χ2v) is 7.51. The lowest BCUT2D eigenvalue weighted by molar-refractivity contribution is 0.425. The Morgan fingerprint density at radius 3 is 2.50 bits per heavy atom. The number of hydrogen-bond acceptors (Lipinski definition) is 2. The van der Waals surface area contributed by atoms with Crippen LogP contribution in [0.3, 0.4) is 0 Å². The van der Waals surface area contributed by atoms with E-state index in [9.17, 15) is 12.8 Å². The van der Waals surface area contributed by atoms with E-state index in [-0.39, 0.29) is 4.90 Å². The molecule has 2 rings (SSSR count). The van der Waals surface area contributed by atoms with Crippen LogP contribution < -0.4 is 4.72 Å². The van der Waals surface area contributed by atoms with Crippen LogP contribution in [0.15, 0.2) is 27.6 Å². The van der Waals surface area contributed by atoms with E-state index in [2.05, 4.69) is 20.7 Å². The van der Waals surface area contributed by atoms with Crippen LogP contribution in [0.2, 0.25) is 0 Å². The molecule has 0 saturated heterocycles. The maximum absolute atomic E-state index is 13.7. The number of sulfonamides is 1. The van der Waals surface area contributed by atoms with Crippen LogP contribution in [0.4, 0.5) is 4.39 Å². The summed E-state index contributed by atoms with van der Waals surface area (Å²) in [6, 6.07) is 3.96. The molecule has 0 radical (unpaired) electrons. The predicted molar refractivity (Wildman–Crippen MR) is 71.3 cm³/mol. The van der Waals surface area contributed by atoms with Gasteiger partial charge in [-0.05, 0) is 38.0 Å². The minimum atomic E-state index is -3.80. The van der Waals surface area contributed by atoms with Gasteiger partial charge in [0.15, 0.2) is 0 Å². The van der Waals surface area contributed by atoms with E-state index < -0.39 is 21.4 Å². The molecule has 1 aliphatic carbocycles. The molecule has 0 bridgehead atoms. The van der Waals surface area contributed by atoms with Gasteiger partial charge in [-0.2, -0.15) is 0 Å². The maximum Gasteiger partial charge on any atom is 0.243 e. The largest absolute Gasteiger partial charge is 0.243 e. The third kappa shape index (κ3) is 2.92. The summed E-state index contributed by atoms with van der Waals surface area (Å²) in [5.41, 5.74) is -0.446. The molecule has 0 aliphatic heterocycles. The van der Waals surface area contributed by atoms with Crippen molar-refractivity contribution >= 4 is 26.0 Å². The van der Waals surface area contributed by atoms with Gasteiger partial charge in [-0.1, -0.05) is 28.8 Å². The molecule has 0 spiro atoms. The predicted octanol–water partition coefficient (Wildman–Crippen LogP) is 3.20. The molecule has 1 aromatic carbocycles. The molecule has 100 valence electrons. The van der Waals surface area contributed by atoms with Crippen molar-refractivity contribution in [2.45, 2.75) is 43.0 Å². The zero-order chi connectivity index (χ0) is 13.4. The van der Waals surface area contributed by atoms with Gasteiger partial charge < -0.3 is 0 Å². The SMILES string of the molecule is CC1(NS(=O)(=O)c2ccc(Br)cc2F)CCCC1. The highest BCUT2D eigenvalue weighted by Crippen LogP contribution is 2.31. The molecule has 0 amide bonds. The normalized spacial score (nSPS) is 19.1. The second kappa shape index (κ2) is 4.90. The molecule has 6 heteroatoms. The van der Waals surface area contributed by atoms with E-state index >= 15 is 0 Å². The van der Waals surface area contributed by atoms with E-state index in [1.165, 1.54) is 12.1 Å². The minimum Gasteiger partial charge on any atom is -0.207 e. The van der Waals surface area contributed by atoms with E-state index in [0.717, 1.165) is 31.7 Å². The summed E-state index contributed by atoms with van der Waals surface area (Å²) in [4.78, 5) is -0.293. The first-order valence-electron chi connectivity index (χ1n) is 5.81. The van der Waals surface area contributed by atoms with Crippen LogP contribution in [-0.4, -0.2) is 14.0 Å². The number of nitrogens with one attached hydrogen (secondary N) is 1. The summed E-state index contributed by atoms with van der Waals surface area (Å²) in [6.07, 6.45) is 3.60. The van der Waals surface area contributed by atoms with Crippen molar-refractivity contribution < 1.29 is 12.8 Å². The number of halogens is 2. The molecular formula is C12H15BrFNO2S. The van der Waals surface area contributed by atoms with E-state index in [1.807, 2.05) is 6.92 Å². The van der Waals surface area contributed by atoms with Crippen molar-refractivity contribution in [1.29, 1.82) is 0 Å². The first kappa shape index (κ1) is 14.0. The highest BCUT2D eigenvalue weighted by atomic mass is 79.9. The number of benzene rings is 1. The van der Waals surface area contributed by atoms with Gasteiger partial charge in [-0.15, -0.1) is 0 Å². The summed E-state index contributed by atoms with van der Waals surface area (Å²) in [5.74, 6) is -0.738. The molecule has 0 aromatic heterocycles. The zero-order valence-electron chi connectivity index (χ0n) is 10.0. The third-order valence-corrected chi connectivity index (χ3v) is 5.44. The smallest absolute Gasteiger partial charge is 0.207 e. The van der Waals surface area contributed by atoms with Crippen LogP contribution in [0.25, 0.3) is 0 Å². The molecule has 0 atom stereocenters. The summed E-state index contributed by atoms with van der Waals surface area (Å²) >= 11 is 3.11. The lowest BCUT2D eigenvalue weighted by Crippen LogP contribution is -2.43. The van der Waals surface area contributed by atoms with Crippen molar-refractivity contribution in [2.24, 2.45) is 0 Å². The van der Waals surface area contributed by atoms with E-state index in [0.29, 0.717) is 4.47 Å². The maximum atomic E-state index is 13.7. The van der Waals surface area contributed by atoms with Gasteiger partial charge >= 0.3 is 0 Å². The molecule has 1 fully saturated rings. The summed E-state index contributed by atoms with van der Waals surface area (Å²) in [6.45, 7) is 1.87. The first-order valence-corrected chi connectivity index (χ1v) is 8.09. The van der Waals surface area contributed by atoms with Gasteiger partial charge in [-0.25, -0.2) is 17.5 Å². The van der Waals surface area contributed by atoms with Crippen molar-refractivity contribution in [3.05, 3.63) is 28.5 Å². The monoisotopic (exact) mass is 335 g/mol. The molecule has 1 saturated carbocycles. The van der Waals surface area contributed by atoms with Crippen LogP contribution in [0, 0.1) is 5.82 Å². The highest BCUT2D eigenvalue weighted by Gasteiger charge is 2.34. The molecule has 0 heterocycles. The van der Waals surface area contributed by atoms with Gasteiger partial charge in [0.05, 0.1) is 0 Å². The molecule has 0 unspecified atom stereocenters. The average Bonchev–Trinajstić information content (AvgIpc) is 2.62. The number of hydrogen-bond donors (Lipinski definition) is 1. The topological polar surface area (TPSA) is 46.2 Å². The van der Waals surface area contributed by atoms with Gasteiger partial charge in [0.1, 0.15) is 10.7 Å². The van der Waals surface area contributed by atoms with Gasteiger partial charge in [0, 0.05) is 10.0 Å². The minimum absolute atomic E-state index is 0.293. The van der Waals surface area contributed by atoms with Crippen LogP contribution in [-0.2, 0) is 10.0 Å². The van der Waals surface area contributed by atoms with Crippen molar-refractivity contribution in [1.82, 2.24) is 4.72 Å². The Kier molecular flexibility index (Phi) is 3.80. The lowest BCUT2D eigenvalue weighted by Gasteiger charge is -2.25. The van der Waals surface area contributed by atoms with Gasteiger partial charge in [-0.3, -0.25) is 0 Å². The fraction of sp³-hybridized carbons (Fsp3) is 0.500. The second-order valence-electron chi connectivity index (χ2n) is 4.95. The summed E-state index contributed by atoms with van der Waals surface area (Å²) in [5, 5.41) is 0. The van der Waals surface area contributed by atoms with E-state index in [1.54, 1.807) is 0 Å². The van der Waals surface area contributed by atoms with Crippen LogP contribution >= 0.6 is 15.9 Å².